The summed E-state index contributed by atoms with van der Waals surface area (Å²) >= 11 is 0. The number of likely N-dealkylation sites (tertiary alicyclic amines) is 1. The van der Waals surface area contributed by atoms with Gasteiger partial charge in [0.05, 0.1) is 17.1 Å². The second kappa shape index (κ2) is 6.26. The minimum atomic E-state index is -0.337. The molecule has 0 radical (unpaired) electrons. The van der Waals surface area contributed by atoms with Crippen LogP contribution in [0.5, 0.6) is 0 Å². The van der Waals surface area contributed by atoms with Gasteiger partial charge in [0.25, 0.3) is 0 Å². The maximum Gasteiger partial charge on any atom is 0.235 e. The summed E-state index contributed by atoms with van der Waals surface area (Å²) in [7, 11) is 4.10. The number of nitrogens with one attached hydrogen (secondary N) is 1. The van der Waals surface area contributed by atoms with Gasteiger partial charge in [-0.25, -0.2) is 0 Å². The van der Waals surface area contributed by atoms with E-state index in [2.05, 4.69) is 40.6 Å². The van der Waals surface area contributed by atoms with Crippen molar-refractivity contribution in [2.75, 3.05) is 20.1 Å². The largest absolute Gasteiger partial charge is 0.306 e. The lowest BCUT2D eigenvalue weighted by Crippen LogP contribution is -2.39. The Hall–Kier alpha value is -2.21. The highest BCUT2D eigenvalue weighted by atomic mass is 16.2. The number of piperidine rings is 2. The van der Waals surface area contributed by atoms with Crippen molar-refractivity contribution in [1.29, 1.82) is 0 Å². The SMILES string of the molecule is CN1CCC(c2ccc3c(C4CCC(=O)NC4=O)nn(C)c3c2)CC1. The lowest BCUT2D eigenvalue weighted by Gasteiger charge is -2.29. The van der Waals surface area contributed by atoms with Gasteiger partial charge in [0.2, 0.25) is 11.8 Å². The van der Waals surface area contributed by atoms with Crippen molar-refractivity contribution in [3.63, 3.8) is 0 Å². The van der Waals surface area contributed by atoms with E-state index in [0.717, 1.165) is 29.7 Å². The number of nitrogens with zero attached hydrogens (tertiary/aromatic N) is 3. The van der Waals surface area contributed by atoms with Crippen molar-refractivity contribution in [2.45, 2.75) is 37.5 Å². The topological polar surface area (TPSA) is 67.2 Å². The van der Waals surface area contributed by atoms with Gasteiger partial charge in [-0.05, 0) is 56.9 Å². The van der Waals surface area contributed by atoms with Crippen LogP contribution in [0.1, 0.15) is 48.8 Å². The Labute approximate surface area is 147 Å². The molecule has 2 aliphatic heterocycles. The predicted octanol–water partition coefficient (Wildman–Crippen LogP) is 1.90. The zero-order chi connectivity index (χ0) is 17.6. The number of carbonyl (C=O) groups excluding carboxylic acids is 2. The number of hydrogen-bond donors (Lipinski definition) is 1. The van der Waals surface area contributed by atoms with Crippen molar-refractivity contribution in [1.82, 2.24) is 20.0 Å². The van der Waals surface area contributed by atoms with E-state index in [-0.39, 0.29) is 17.7 Å². The molecule has 0 aliphatic carbocycles. The fourth-order valence-electron chi connectivity index (χ4n) is 4.11. The highest BCUT2D eigenvalue weighted by Gasteiger charge is 2.31. The first-order valence-electron chi connectivity index (χ1n) is 9.01. The lowest BCUT2D eigenvalue weighted by molar-refractivity contribution is -0.134. The van der Waals surface area contributed by atoms with Crippen molar-refractivity contribution in [3.05, 3.63) is 29.5 Å². The number of carbonyl (C=O) groups is 2. The van der Waals surface area contributed by atoms with Crippen LogP contribution in [-0.2, 0) is 16.6 Å². The molecule has 2 aromatic rings. The molecular formula is C19H24N4O2. The van der Waals surface area contributed by atoms with Gasteiger partial charge in [-0.1, -0.05) is 12.1 Å². The molecule has 0 saturated carbocycles. The van der Waals surface area contributed by atoms with Crippen LogP contribution in [0.15, 0.2) is 18.2 Å². The van der Waals surface area contributed by atoms with Gasteiger partial charge < -0.3 is 4.90 Å². The molecule has 2 saturated heterocycles. The van der Waals surface area contributed by atoms with Crippen LogP contribution >= 0.6 is 0 Å². The molecule has 25 heavy (non-hydrogen) atoms. The maximum absolute atomic E-state index is 12.2. The van der Waals surface area contributed by atoms with Gasteiger partial charge in [-0.3, -0.25) is 19.6 Å². The number of aryl methyl sites for hydroxylation is 1. The summed E-state index contributed by atoms with van der Waals surface area (Å²) < 4.78 is 1.87. The molecule has 1 N–H and O–H groups in total. The molecule has 4 rings (SSSR count). The molecular weight excluding hydrogens is 316 g/mol. The van der Waals surface area contributed by atoms with Crippen molar-refractivity contribution >= 4 is 22.7 Å². The van der Waals surface area contributed by atoms with Crippen LogP contribution < -0.4 is 5.32 Å². The molecule has 2 aliphatic rings. The zero-order valence-corrected chi connectivity index (χ0v) is 14.8. The zero-order valence-electron chi connectivity index (χ0n) is 14.8. The molecule has 1 atom stereocenters. The van der Waals surface area contributed by atoms with Crippen LogP contribution in [0.25, 0.3) is 10.9 Å². The number of imide groups is 1. The van der Waals surface area contributed by atoms with Crippen molar-refractivity contribution in [3.8, 4) is 0 Å². The Morgan fingerprint density at radius 2 is 1.88 bits per heavy atom. The molecule has 1 unspecified atom stereocenters. The number of amides is 2. The third-order valence-corrected chi connectivity index (χ3v) is 5.66. The number of rotatable bonds is 2. The first kappa shape index (κ1) is 16.3. The monoisotopic (exact) mass is 340 g/mol. The minimum Gasteiger partial charge on any atom is -0.306 e. The molecule has 0 bridgehead atoms. The summed E-state index contributed by atoms with van der Waals surface area (Å²) in [6, 6.07) is 6.53. The fraction of sp³-hybridized carbons (Fsp3) is 0.526. The Balaban J connectivity index is 1.67. The van der Waals surface area contributed by atoms with Gasteiger partial charge in [-0.15, -0.1) is 0 Å². The van der Waals surface area contributed by atoms with Gasteiger partial charge >= 0.3 is 0 Å². The smallest absolute Gasteiger partial charge is 0.235 e. The maximum atomic E-state index is 12.2. The minimum absolute atomic E-state index is 0.189. The highest BCUT2D eigenvalue weighted by molar-refractivity contribution is 6.02. The molecule has 2 fully saturated rings. The van der Waals surface area contributed by atoms with Crippen molar-refractivity contribution in [2.24, 2.45) is 7.05 Å². The van der Waals surface area contributed by atoms with Crippen LogP contribution in [0.4, 0.5) is 0 Å². The molecule has 3 heterocycles. The van der Waals surface area contributed by atoms with E-state index >= 15 is 0 Å². The van der Waals surface area contributed by atoms with Crippen LogP contribution in [0.2, 0.25) is 0 Å². The van der Waals surface area contributed by atoms with E-state index in [9.17, 15) is 9.59 Å². The molecule has 6 heteroatoms. The second-order valence-corrected chi connectivity index (χ2v) is 7.37. The van der Waals surface area contributed by atoms with E-state index in [0.29, 0.717) is 18.8 Å². The standard InChI is InChI=1S/C19H24N4O2/c1-22-9-7-12(8-10-22)13-3-4-14-16(11-13)23(2)21-18(14)15-5-6-17(24)20-19(15)25/h3-4,11-12,15H,5-10H2,1-2H3,(H,20,24,25). The molecule has 1 aromatic carbocycles. The van der Waals surface area contributed by atoms with E-state index in [1.165, 1.54) is 18.4 Å². The normalized spacial score (nSPS) is 23.2. The molecule has 6 nitrogen and oxygen atoms in total. The average Bonchev–Trinajstić information content (AvgIpc) is 2.92. The summed E-state index contributed by atoms with van der Waals surface area (Å²) in [5.41, 5.74) is 3.21. The quantitative estimate of drug-likeness (QED) is 0.848. The third-order valence-electron chi connectivity index (χ3n) is 5.66. The Bertz CT molecular complexity index is 833. The average molecular weight is 340 g/mol. The van der Waals surface area contributed by atoms with Crippen LogP contribution in [-0.4, -0.2) is 46.6 Å². The second-order valence-electron chi connectivity index (χ2n) is 7.37. The van der Waals surface area contributed by atoms with E-state index < -0.39 is 0 Å². The Morgan fingerprint density at radius 1 is 1.12 bits per heavy atom. The van der Waals surface area contributed by atoms with Crippen LogP contribution in [0, 0.1) is 0 Å². The fourth-order valence-corrected chi connectivity index (χ4v) is 4.11. The molecule has 0 spiro atoms. The molecule has 132 valence electrons. The Kier molecular flexibility index (Phi) is 4.07. The first-order valence-corrected chi connectivity index (χ1v) is 9.01. The summed E-state index contributed by atoms with van der Waals surface area (Å²) in [6.45, 7) is 2.27. The van der Waals surface area contributed by atoms with Gasteiger partial charge in [0, 0.05) is 18.9 Å². The summed E-state index contributed by atoms with van der Waals surface area (Å²) in [6.07, 6.45) is 3.27. The highest BCUT2D eigenvalue weighted by Crippen LogP contribution is 2.34. The van der Waals surface area contributed by atoms with Crippen LogP contribution in [0.3, 0.4) is 0 Å². The summed E-state index contributed by atoms with van der Waals surface area (Å²) in [5.74, 6) is -0.160. The van der Waals surface area contributed by atoms with E-state index in [4.69, 9.17) is 0 Å². The first-order chi connectivity index (χ1) is 12.0. The summed E-state index contributed by atoms with van der Waals surface area (Å²) in [4.78, 5) is 26.0. The molecule has 1 aromatic heterocycles. The predicted molar refractivity (Wildman–Crippen MR) is 95.3 cm³/mol. The van der Waals surface area contributed by atoms with Crippen molar-refractivity contribution < 1.29 is 9.59 Å². The van der Waals surface area contributed by atoms with E-state index in [1.54, 1.807) is 0 Å². The van der Waals surface area contributed by atoms with Gasteiger partial charge in [0.15, 0.2) is 0 Å². The number of fused-ring (bicyclic) bond motifs is 1. The Morgan fingerprint density at radius 3 is 2.60 bits per heavy atom. The summed E-state index contributed by atoms with van der Waals surface area (Å²) in [5, 5.41) is 8.08. The number of hydrogen-bond acceptors (Lipinski definition) is 4. The molecule has 2 amide bonds. The third kappa shape index (κ3) is 2.95. The van der Waals surface area contributed by atoms with Gasteiger partial charge in [0.1, 0.15) is 0 Å². The van der Waals surface area contributed by atoms with Gasteiger partial charge in [-0.2, -0.15) is 5.10 Å². The lowest BCUT2D eigenvalue weighted by atomic mass is 9.88. The number of aromatic nitrogens is 2. The van der Waals surface area contributed by atoms with E-state index in [1.807, 2.05) is 11.7 Å². The number of benzene rings is 1.